The third kappa shape index (κ3) is 4.03. The summed E-state index contributed by atoms with van der Waals surface area (Å²) >= 11 is 0. The number of rotatable bonds is 4. The van der Waals surface area contributed by atoms with Gasteiger partial charge in [-0.25, -0.2) is 8.42 Å². The Kier molecular flexibility index (Phi) is 6.65. The summed E-state index contributed by atoms with van der Waals surface area (Å²) in [6, 6.07) is 3.13. The standard InChI is InChI=1S/C17H25N3O4S.ClH/c1-12-10-15(20(21)22)11-17(13(12)2)25(23,24)19-8-5-14(6-9-19)16-4-3-7-18-16;/h10-11,14,16,18H,3-9H2,1-2H3;1H. The SMILES string of the molecule is Cc1cc([N+](=O)[O-])cc(S(=O)(=O)N2CCC(C3CCCN3)CC2)c1C.Cl. The highest BCUT2D eigenvalue weighted by molar-refractivity contribution is 7.89. The Morgan fingerprint density at radius 1 is 1.19 bits per heavy atom. The fourth-order valence-electron chi connectivity index (χ4n) is 3.95. The molecule has 0 aromatic heterocycles. The van der Waals surface area contributed by atoms with Crippen molar-refractivity contribution < 1.29 is 13.3 Å². The van der Waals surface area contributed by atoms with Crippen molar-refractivity contribution in [3.8, 4) is 0 Å². The molecule has 1 unspecified atom stereocenters. The fourth-order valence-corrected chi connectivity index (χ4v) is 5.74. The summed E-state index contributed by atoms with van der Waals surface area (Å²) in [6.07, 6.45) is 4.03. The van der Waals surface area contributed by atoms with Crippen LogP contribution in [0.15, 0.2) is 17.0 Å². The van der Waals surface area contributed by atoms with Gasteiger partial charge in [0.25, 0.3) is 5.69 Å². The predicted molar refractivity (Wildman–Crippen MR) is 102 cm³/mol. The summed E-state index contributed by atoms with van der Waals surface area (Å²) in [7, 11) is -3.71. The lowest BCUT2D eigenvalue weighted by atomic mass is 9.89. The second-order valence-corrected chi connectivity index (χ2v) is 8.99. The van der Waals surface area contributed by atoms with E-state index in [0.29, 0.717) is 36.2 Å². The third-order valence-electron chi connectivity index (χ3n) is 5.60. The Bertz CT molecular complexity index is 770. The van der Waals surface area contributed by atoms with Crippen LogP contribution in [0.25, 0.3) is 0 Å². The molecule has 0 amide bonds. The maximum absolute atomic E-state index is 13.1. The number of halogens is 1. The smallest absolute Gasteiger partial charge is 0.271 e. The van der Waals surface area contributed by atoms with E-state index in [1.165, 1.54) is 29.3 Å². The molecule has 1 aromatic carbocycles. The van der Waals surface area contributed by atoms with Gasteiger partial charge in [-0.05, 0) is 63.1 Å². The van der Waals surface area contributed by atoms with Gasteiger partial charge in [-0.15, -0.1) is 12.4 Å². The molecular formula is C17H26ClN3O4S. The number of nitro benzene ring substituents is 1. The van der Waals surface area contributed by atoms with Crippen LogP contribution in [0.1, 0.15) is 36.8 Å². The lowest BCUT2D eigenvalue weighted by Gasteiger charge is -2.34. The van der Waals surface area contributed by atoms with Gasteiger partial charge in [0, 0.05) is 31.3 Å². The van der Waals surface area contributed by atoms with E-state index in [2.05, 4.69) is 5.32 Å². The molecule has 9 heteroatoms. The lowest BCUT2D eigenvalue weighted by Crippen LogP contribution is -2.43. The first-order chi connectivity index (χ1) is 11.8. The highest BCUT2D eigenvalue weighted by Crippen LogP contribution is 2.32. The van der Waals surface area contributed by atoms with Crippen molar-refractivity contribution >= 4 is 28.1 Å². The van der Waals surface area contributed by atoms with Crippen molar-refractivity contribution in [2.75, 3.05) is 19.6 Å². The number of nitrogens with one attached hydrogen (secondary N) is 1. The van der Waals surface area contributed by atoms with Gasteiger partial charge in [-0.2, -0.15) is 4.31 Å². The molecule has 26 heavy (non-hydrogen) atoms. The van der Waals surface area contributed by atoms with Crippen LogP contribution in [0.5, 0.6) is 0 Å². The van der Waals surface area contributed by atoms with Crippen molar-refractivity contribution in [2.45, 2.75) is 50.5 Å². The summed E-state index contributed by atoms with van der Waals surface area (Å²) in [5, 5.41) is 14.6. The number of nitrogens with zero attached hydrogens (tertiary/aromatic N) is 2. The molecular weight excluding hydrogens is 378 g/mol. The van der Waals surface area contributed by atoms with Crippen LogP contribution < -0.4 is 5.32 Å². The molecule has 2 aliphatic heterocycles. The summed E-state index contributed by atoms with van der Waals surface area (Å²) in [5.74, 6) is 0.516. The van der Waals surface area contributed by atoms with Crippen molar-refractivity contribution in [3.05, 3.63) is 33.4 Å². The van der Waals surface area contributed by atoms with Crippen molar-refractivity contribution in [1.82, 2.24) is 9.62 Å². The highest BCUT2D eigenvalue weighted by Gasteiger charge is 2.35. The van der Waals surface area contributed by atoms with Gasteiger partial charge in [-0.1, -0.05) is 0 Å². The zero-order chi connectivity index (χ0) is 18.2. The number of nitro groups is 1. The van der Waals surface area contributed by atoms with Crippen LogP contribution in [0.4, 0.5) is 5.69 Å². The van der Waals surface area contributed by atoms with Gasteiger partial charge >= 0.3 is 0 Å². The minimum atomic E-state index is -3.71. The minimum absolute atomic E-state index is 0. The lowest BCUT2D eigenvalue weighted by molar-refractivity contribution is -0.385. The van der Waals surface area contributed by atoms with E-state index in [4.69, 9.17) is 0 Å². The summed E-state index contributed by atoms with van der Waals surface area (Å²) in [5.41, 5.74) is 1.04. The number of hydrogen-bond acceptors (Lipinski definition) is 5. The third-order valence-corrected chi connectivity index (χ3v) is 7.62. The maximum Gasteiger partial charge on any atom is 0.271 e. The normalized spacial score (nSPS) is 22.2. The quantitative estimate of drug-likeness (QED) is 0.616. The van der Waals surface area contributed by atoms with Crippen molar-refractivity contribution in [3.63, 3.8) is 0 Å². The number of non-ortho nitro benzene ring substituents is 1. The molecule has 3 rings (SSSR count). The van der Waals surface area contributed by atoms with Crippen LogP contribution in [0.3, 0.4) is 0 Å². The van der Waals surface area contributed by atoms with Gasteiger partial charge < -0.3 is 5.32 Å². The first-order valence-electron chi connectivity index (χ1n) is 8.80. The van der Waals surface area contributed by atoms with Crippen LogP contribution in [0.2, 0.25) is 0 Å². The molecule has 0 radical (unpaired) electrons. The molecule has 0 bridgehead atoms. The van der Waals surface area contributed by atoms with E-state index in [-0.39, 0.29) is 23.0 Å². The number of piperidine rings is 1. The monoisotopic (exact) mass is 403 g/mol. The molecule has 0 spiro atoms. The predicted octanol–water partition coefficient (Wildman–Crippen LogP) is 2.79. The molecule has 2 aliphatic rings. The Morgan fingerprint density at radius 3 is 2.38 bits per heavy atom. The highest BCUT2D eigenvalue weighted by atomic mass is 35.5. The number of aryl methyl sites for hydroxylation is 1. The molecule has 1 aromatic rings. The second-order valence-electron chi connectivity index (χ2n) is 7.09. The number of hydrogen-bond donors (Lipinski definition) is 1. The van der Waals surface area contributed by atoms with Gasteiger partial charge in [0.1, 0.15) is 0 Å². The Hall–Kier alpha value is -1.22. The topological polar surface area (TPSA) is 92.5 Å². The molecule has 7 nitrogen and oxygen atoms in total. The average Bonchev–Trinajstić information content (AvgIpc) is 3.11. The summed E-state index contributed by atoms with van der Waals surface area (Å²) in [6.45, 7) is 5.43. The van der Waals surface area contributed by atoms with E-state index >= 15 is 0 Å². The molecule has 1 N–H and O–H groups in total. The minimum Gasteiger partial charge on any atom is -0.314 e. The van der Waals surface area contributed by atoms with E-state index in [9.17, 15) is 18.5 Å². The number of benzene rings is 1. The second kappa shape index (κ2) is 8.21. The summed E-state index contributed by atoms with van der Waals surface area (Å²) < 4.78 is 27.6. The molecule has 0 saturated carbocycles. The van der Waals surface area contributed by atoms with Crippen LogP contribution in [-0.4, -0.2) is 43.3 Å². The fraction of sp³-hybridized carbons (Fsp3) is 0.647. The Labute approximate surface area is 160 Å². The molecule has 0 aliphatic carbocycles. The first-order valence-corrected chi connectivity index (χ1v) is 10.2. The van der Waals surface area contributed by atoms with Gasteiger partial charge in [-0.3, -0.25) is 10.1 Å². The van der Waals surface area contributed by atoms with E-state index in [1.54, 1.807) is 13.8 Å². The Balaban J connectivity index is 0.00000243. The van der Waals surface area contributed by atoms with Gasteiger partial charge in [0.15, 0.2) is 0 Å². The van der Waals surface area contributed by atoms with Crippen LogP contribution in [-0.2, 0) is 10.0 Å². The zero-order valence-electron chi connectivity index (χ0n) is 15.1. The van der Waals surface area contributed by atoms with E-state index in [0.717, 1.165) is 19.4 Å². The molecule has 2 saturated heterocycles. The summed E-state index contributed by atoms with van der Waals surface area (Å²) in [4.78, 5) is 10.6. The molecule has 146 valence electrons. The van der Waals surface area contributed by atoms with Crippen LogP contribution >= 0.6 is 12.4 Å². The largest absolute Gasteiger partial charge is 0.314 e. The van der Waals surface area contributed by atoms with E-state index < -0.39 is 14.9 Å². The van der Waals surface area contributed by atoms with Crippen molar-refractivity contribution in [1.29, 1.82) is 0 Å². The maximum atomic E-state index is 13.1. The Morgan fingerprint density at radius 2 is 1.85 bits per heavy atom. The molecule has 2 fully saturated rings. The van der Waals surface area contributed by atoms with Gasteiger partial charge in [0.05, 0.1) is 9.82 Å². The zero-order valence-corrected chi connectivity index (χ0v) is 16.7. The van der Waals surface area contributed by atoms with Gasteiger partial charge in [0.2, 0.25) is 10.0 Å². The van der Waals surface area contributed by atoms with Crippen molar-refractivity contribution in [2.24, 2.45) is 5.92 Å². The van der Waals surface area contributed by atoms with E-state index in [1.807, 2.05) is 0 Å². The average molecular weight is 404 g/mol. The van der Waals surface area contributed by atoms with Crippen LogP contribution in [0, 0.1) is 29.9 Å². The molecule has 1 atom stereocenters. The number of sulfonamides is 1. The molecule has 2 heterocycles. The first kappa shape index (κ1) is 21.1.